The Balaban J connectivity index is 1.88. The van der Waals surface area contributed by atoms with Gasteiger partial charge in [-0.05, 0) is 53.6 Å². The van der Waals surface area contributed by atoms with Gasteiger partial charge in [0.2, 0.25) is 0 Å². The summed E-state index contributed by atoms with van der Waals surface area (Å²) in [6, 6.07) is 17.6. The Hall–Kier alpha value is -1.96. The van der Waals surface area contributed by atoms with Gasteiger partial charge in [0.15, 0.2) is 0 Å². The van der Waals surface area contributed by atoms with E-state index in [0.717, 1.165) is 19.5 Å². The van der Waals surface area contributed by atoms with Crippen molar-refractivity contribution in [2.75, 3.05) is 23.7 Å². The summed E-state index contributed by atoms with van der Waals surface area (Å²) in [5, 5.41) is 6.91. The lowest BCUT2D eigenvalue weighted by Crippen LogP contribution is -2.07. The van der Waals surface area contributed by atoms with Crippen LogP contribution in [0.15, 0.2) is 48.5 Å². The molecule has 2 aromatic rings. The van der Waals surface area contributed by atoms with Gasteiger partial charge in [-0.2, -0.15) is 0 Å². The first-order valence-electron chi connectivity index (χ1n) is 8.68. The molecule has 2 heteroatoms. The van der Waals surface area contributed by atoms with Crippen molar-refractivity contribution in [3.05, 3.63) is 59.7 Å². The lowest BCUT2D eigenvalue weighted by molar-refractivity contribution is 0.689. The number of rotatable bonds is 8. The van der Waals surface area contributed by atoms with Gasteiger partial charge >= 0.3 is 0 Å². The van der Waals surface area contributed by atoms with E-state index >= 15 is 0 Å². The number of benzene rings is 2. The predicted molar refractivity (Wildman–Crippen MR) is 102 cm³/mol. The molecule has 0 aromatic heterocycles. The summed E-state index contributed by atoms with van der Waals surface area (Å²) in [6.07, 6.45) is 0.981. The first-order chi connectivity index (χ1) is 11.0. The molecule has 124 valence electrons. The van der Waals surface area contributed by atoms with E-state index in [1.54, 1.807) is 0 Å². The van der Waals surface area contributed by atoms with Crippen LogP contribution in [0.25, 0.3) is 0 Å². The van der Waals surface area contributed by atoms with Gasteiger partial charge < -0.3 is 10.6 Å². The third-order valence-electron chi connectivity index (χ3n) is 3.74. The van der Waals surface area contributed by atoms with Crippen molar-refractivity contribution >= 4 is 11.4 Å². The molecule has 0 spiro atoms. The highest BCUT2D eigenvalue weighted by molar-refractivity contribution is 5.47. The SMILES string of the molecule is CC(C)CNc1ccc(Cc2ccc(NCC(C)C)cc2)cc1. The van der Waals surface area contributed by atoms with Crippen molar-refractivity contribution in [1.29, 1.82) is 0 Å². The minimum Gasteiger partial charge on any atom is -0.385 e. The molecular formula is C21H30N2. The maximum Gasteiger partial charge on any atom is 0.0340 e. The van der Waals surface area contributed by atoms with Crippen LogP contribution in [0.2, 0.25) is 0 Å². The summed E-state index contributed by atoms with van der Waals surface area (Å²) in [7, 11) is 0. The van der Waals surface area contributed by atoms with E-state index in [9.17, 15) is 0 Å². The molecule has 0 radical (unpaired) electrons. The Morgan fingerprint density at radius 3 is 1.26 bits per heavy atom. The summed E-state index contributed by atoms with van der Waals surface area (Å²) in [5.74, 6) is 1.33. The summed E-state index contributed by atoms with van der Waals surface area (Å²) in [6.45, 7) is 10.9. The van der Waals surface area contributed by atoms with E-state index in [0.29, 0.717) is 11.8 Å². The summed E-state index contributed by atoms with van der Waals surface area (Å²) in [5.41, 5.74) is 5.11. The van der Waals surface area contributed by atoms with Crippen molar-refractivity contribution in [2.24, 2.45) is 11.8 Å². The summed E-state index contributed by atoms with van der Waals surface area (Å²) < 4.78 is 0. The highest BCUT2D eigenvalue weighted by Gasteiger charge is 2.00. The van der Waals surface area contributed by atoms with E-state index in [1.807, 2.05) is 0 Å². The molecule has 0 atom stereocenters. The molecule has 2 aromatic carbocycles. The smallest absolute Gasteiger partial charge is 0.0340 e. The average molecular weight is 310 g/mol. The number of nitrogens with one attached hydrogen (secondary N) is 2. The van der Waals surface area contributed by atoms with Crippen LogP contribution in [-0.4, -0.2) is 13.1 Å². The maximum atomic E-state index is 3.46. The summed E-state index contributed by atoms with van der Waals surface area (Å²) in [4.78, 5) is 0. The van der Waals surface area contributed by atoms with Crippen LogP contribution in [0.3, 0.4) is 0 Å². The van der Waals surface area contributed by atoms with Gasteiger partial charge in [-0.3, -0.25) is 0 Å². The zero-order chi connectivity index (χ0) is 16.7. The van der Waals surface area contributed by atoms with Crippen molar-refractivity contribution in [3.63, 3.8) is 0 Å². The first kappa shape index (κ1) is 17.4. The lowest BCUT2D eigenvalue weighted by Gasteiger charge is -2.11. The zero-order valence-corrected chi connectivity index (χ0v) is 14.9. The molecule has 0 aliphatic carbocycles. The average Bonchev–Trinajstić information content (AvgIpc) is 2.53. The molecule has 0 saturated heterocycles. The van der Waals surface area contributed by atoms with Crippen LogP contribution in [0.5, 0.6) is 0 Å². The Bertz CT molecular complexity index is 514. The number of hydrogen-bond donors (Lipinski definition) is 2. The zero-order valence-electron chi connectivity index (χ0n) is 14.9. The Labute approximate surface area is 141 Å². The highest BCUT2D eigenvalue weighted by Crippen LogP contribution is 2.16. The quantitative estimate of drug-likeness (QED) is 0.681. The second-order valence-electron chi connectivity index (χ2n) is 7.12. The minimum atomic E-state index is 0.664. The fraction of sp³-hybridized carbons (Fsp3) is 0.429. The fourth-order valence-corrected chi connectivity index (χ4v) is 2.36. The van der Waals surface area contributed by atoms with Gasteiger partial charge in [-0.25, -0.2) is 0 Å². The molecule has 0 saturated carbocycles. The molecular weight excluding hydrogens is 280 g/mol. The van der Waals surface area contributed by atoms with E-state index < -0.39 is 0 Å². The van der Waals surface area contributed by atoms with Crippen LogP contribution < -0.4 is 10.6 Å². The van der Waals surface area contributed by atoms with Crippen LogP contribution in [0.4, 0.5) is 11.4 Å². The first-order valence-corrected chi connectivity index (χ1v) is 8.68. The topological polar surface area (TPSA) is 24.1 Å². The molecule has 0 aliphatic heterocycles. The third kappa shape index (κ3) is 6.35. The second-order valence-corrected chi connectivity index (χ2v) is 7.12. The van der Waals surface area contributed by atoms with Crippen LogP contribution in [-0.2, 0) is 6.42 Å². The lowest BCUT2D eigenvalue weighted by atomic mass is 10.0. The minimum absolute atomic E-state index is 0.664. The van der Waals surface area contributed by atoms with E-state index in [-0.39, 0.29) is 0 Å². The van der Waals surface area contributed by atoms with Gasteiger partial charge in [0.25, 0.3) is 0 Å². The van der Waals surface area contributed by atoms with E-state index in [4.69, 9.17) is 0 Å². The van der Waals surface area contributed by atoms with E-state index in [1.165, 1.54) is 22.5 Å². The van der Waals surface area contributed by atoms with Gasteiger partial charge in [0.05, 0.1) is 0 Å². The highest BCUT2D eigenvalue weighted by atomic mass is 14.9. The summed E-state index contributed by atoms with van der Waals surface area (Å²) >= 11 is 0. The fourth-order valence-electron chi connectivity index (χ4n) is 2.36. The number of hydrogen-bond acceptors (Lipinski definition) is 2. The predicted octanol–water partition coefficient (Wildman–Crippen LogP) is 5.41. The van der Waals surface area contributed by atoms with Gasteiger partial charge in [0.1, 0.15) is 0 Å². The molecule has 0 unspecified atom stereocenters. The largest absolute Gasteiger partial charge is 0.385 e. The molecule has 0 heterocycles. The molecule has 0 bridgehead atoms. The molecule has 2 N–H and O–H groups in total. The van der Waals surface area contributed by atoms with Crippen LogP contribution in [0.1, 0.15) is 38.8 Å². The standard InChI is InChI=1S/C21H30N2/c1-16(2)14-22-20-9-5-18(6-10-20)13-19-7-11-21(12-8-19)23-15-17(3)4/h5-12,16-17,22-23H,13-15H2,1-4H3. The van der Waals surface area contributed by atoms with Gasteiger partial charge in [-0.15, -0.1) is 0 Å². The van der Waals surface area contributed by atoms with Crippen molar-refractivity contribution in [2.45, 2.75) is 34.1 Å². The number of anilines is 2. The third-order valence-corrected chi connectivity index (χ3v) is 3.74. The molecule has 23 heavy (non-hydrogen) atoms. The van der Waals surface area contributed by atoms with Crippen LogP contribution in [0, 0.1) is 11.8 Å². The normalized spacial score (nSPS) is 11.0. The van der Waals surface area contributed by atoms with Crippen molar-refractivity contribution < 1.29 is 0 Å². The Morgan fingerprint density at radius 1 is 0.609 bits per heavy atom. The Morgan fingerprint density at radius 2 is 0.957 bits per heavy atom. The molecule has 2 rings (SSSR count). The monoisotopic (exact) mass is 310 g/mol. The molecule has 0 fully saturated rings. The maximum absolute atomic E-state index is 3.46. The second kappa shape index (κ2) is 8.61. The van der Waals surface area contributed by atoms with E-state index in [2.05, 4.69) is 86.9 Å². The Kier molecular flexibility index (Phi) is 6.52. The van der Waals surface area contributed by atoms with Crippen molar-refractivity contribution in [1.82, 2.24) is 0 Å². The molecule has 0 aliphatic rings. The van der Waals surface area contributed by atoms with Gasteiger partial charge in [0, 0.05) is 24.5 Å². The molecule has 2 nitrogen and oxygen atoms in total. The van der Waals surface area contributed by atoms with Gasteiger partial charge in [-0.1, -0.05) is 52.0 Å². The van der Waals surface area contributed by atoms with Crippen LogP contribution >= 0.6 is 0 Å². The molecule has 0 amide bonds. The van der Waals surface area contributed by atoms with Crippen molar-refractivity contribution in [3.8, 4) is 0 Å².